The molecule has 1 rings (SSSR count). The molecule has 1 aliphatic rings. The Hall–Kier alpha value is -0.810. The minimum atomic E-state index is -0.460. The van der Waals surface area contributed by atoms with Crippen molar-refractivity contribution in [3.63, 3.8) is 0 Å². The van der Waals surface area contributed by atoms with Gasteiger partial charge < -0.3 is 20.5 Å². The maximum absolute atomic E-state index is 11.5. The second-order valence-corrected chi connectivity index (χ2v) is 5.50. The van der Waals surface area contributed by atoms with Crippen LogP contribution in [0.1, 0.15) is 33.6 Å². The van der Waals surface area contributed by atoms with Crippen LogP contribution in [-0.4, -0.2) is 37.5 Å². The van der Waals surface area contributed by atoms with E-state index < -0.39 is 5.60 Å². The van der Waals surface area contributed by atoms with Gasteiger partial charge in [-0.15, -0.1) is 0 Å². The van der Waals surface area contributed by atoms with Crippen molar-refractivity contribution in [2.75, 3.05) is 19.8 Å². The summed E-state index contributed by atoms with van der Waals surface area (Å²) in [7, 11) is 0. The summed E-state index contributed by atoms with van der Waals surface area (Å²) in [4.78, 5) is 11.5. The van der Waals surface area contributed by atoms with Gasteiger partial charge in [0.2, 0.25) is 0 Å². The molecule has 5 nitrogen and oxygen atoms in total. The Morgan fingerprint density at radius 3 is 2.71 bits per heavy atom. The predicted octanol–water partition coefficient (Wildman–Crippen LogP) is 1.26. The van der Waals surface area contributed by atoms with Crippen molar-refractivity contribution in [2.24, 2.45) is 11.7 Å². The van der Waals surface area contributed by atoms with E-state index in [4.69, 9.17) is 15.2 Å². The zero-order chi connectivity index (χ0) is 12.9. The molecule has 1 heterocycles. The number of alkyl carbamates (subject to hydrolysis) is 1. The van der Waals surface area contributed by atoms with E-state index in [9.17, 15) is 4.79 Å². The normalized spacial score (nSPS) is 26.1. The van der Waals surface area contributed by atoms with E-state index in [2.05, 4.69) is 5.32 Å². The van der Waals surface area contributed by atoms with Gasteiger partial charge in [-0.05, 0) is 39.5 Å². The van der Waals surface area contributed by atoms with Crippen LogP contribution >= 0.6 is 0 Å². The molecular formula is C12H24N2O3. The van der Waals surface area contributed by atoms with Gasteiger partial charge in [0, 0.05) is 25.8 Å². The summed E-state index contributed by atoms with van der Waals surface area (Å²) in [6, 6.07) is 0.0902. The average molecular weight is 244 g/mol. The fourth-order valence-corrected chi connectivity index (χ4v) is 1.79. The second kappa shape index (κ2) is 6.21. The molecule has 0 spiro atoms. The monoisotopic (exact) mass is 244 g/mol. The fraction of sp³-hybridized carbons (Fsp3) is 0.917. The van der Waals surface area contributed by atoms with Gasteiger partial charge in [0.05, 0.1) is 0 Å². The van der Waals surface area contributed by atoms with E-state index >= 15 is 0 Å². The second-order valence-electron chi connectivity index (χ2n) is 5.50. The third-order valence-electron chi connectivity index (χ3n) is 2.74. The van der Waals surface area contributed by atoms with E-state index in [0.29, 0.717) is 19.8 Å². The molecule has 0 bridgehead atoms. The molecule has 0 aromatic heterocycles. The zero-order valence-electron chi connectivity index (χ0n) is 11.0. The highest BCUT2D eigenvalue weighted by Crippen LogP contribution is 2.14. The van der Waals surface area contributed by atoms with Crippen molar-refractivity contribution in [1.29, 1.82) is 0 Å². The van der Waals surface area contributed by atoms with Gasteiger partial charge in [-0.25, -0.2) is 4.79 Å². The Morgan fingerprint density at radius 1 is 1.41 bits per heavy atom. The van der Waals surface area contributed by atoms with Crippen molar-refractivity contribution in [1.82, 2.24) is 5.32 Å². The van der Waals surface area contributed by atoms with E-state index in [1.54, 1.807) is 0 Å². The van der Waals surface area contributed by atoms with Crippen LogP contribution in [0.4, 0.5) is 4.79 Å². The number of nitrogens with two attached hydrogens (primary N) is 1. The quantitative estimate of drug-likeness (QED) is 0.767. The molecule has 0 unspecified atom stereocenters. The van der Waals surface area contributed by atoms with Gasteiger partial charge in [-0.1, -0.05) is 0 Å². The van der Waals surface area contributed by atoms with Crippen molar-refractivity contribution < 1.29 is 14.3 Å². The molecule has 5 heteroatoms. The van der Waals surface area contributed by atoms with E-state index in [-0.39, 0.29) is 18.1 Å². The number of hydrogen-bond acceptors (Lipinski definition) is 4. The highest BCUT2D eigenvalue weighted by molar-refractivity contribution is 5.67. The van der Waals surface area contributed by atoms with Gasteiger partial charge in [0.1, 0.15) is 5.60 Å². The molecule has 0 aliphatic carbocycles. The Kier molecular flexibility index (Phi) is 5.21. The van der Waals surface area contributed by atoms with Gasteiger partial charge in [-0.2, -0.15) is 0 Å². The molecule has 0 aromatic carbocycles. The zero-order valence-corrected chi connectivity index (χ0v) is 11.0. The third kappa shape index (κ3) is 5.89. The smallest absolute Gasteiger partial charge is 0.407 e. The summed E-state index contributed by atoms with van der Waals surface area (Å²) in [5, 5.41) is 2.77. The SMILES string of the molecule is CC(C)(C)OC(=O)NC[C@@H]1CCOCC[C@@H]1N. The molecule has 3 N–H and O–H groups in total. The summed E-state index contributed by atoms with van der Waals surface area (Å²) >= 11 is 0. The van der Waals surface area contributed by atoms with Gasteiger partial charge in [0.15, 0.2) is 0 Å². The molecule has 100 valence electrons. The van der Waals surface area contributed by atoms with Crippen LogP contribution in [0.3, 0.4) is 0 Å². The summed E-state index contributed by atoms with van der Waals surface area (Å²) < 4.78 is 10.5. The lowest BCUT2D eigenvalue weighted by Gasteiger charge is -2.23. The van der Waals surface area contributed by atoms with Crippen LogP contribution in [0, 0.1) is 5.92 Å². The minimum absolute atomic E-state index is 0.0902. The molecule has 1 amide bonds. The summed E-state index contributed by atoms with van der Waals surface area (Å²) in [6.07, 6.45) is 1.35. The molecule has 1 fully saturated rings. The molecule has 0 radical (unpaired) electrons. The van der Waals surface area contributed by atoms with Crippen LogP contribution in [0.2, 0.25) is 0 Å². The molecule has 17 heavy (non-hydrogen) atoms. The Bertz CT molecular complexity index is 251. The number of carbonyl (C=O) groups is 1. The number of nitrogens with one attached hydrogen (secondary N) is 1. The summed E-state index contributed by atoms with van der Waals surface area (Å²) in [5.74, 6) is 0.269. The number of carbonyl (C=O) groups excluding carboxylic acids is 1. The van der Waals surface area contributed by atoms with Crippen LogP contribution in [0.5, 0.6) is 0 Å². The molecular weight excluding hydrogens is 220 g/mol. The lowest BCUT2D eigenvalue weighted by molar-refractivity contribution is 0.0515. The molecule has 2 atom stereocenters. The van der Waals surface area contributed by atoms with Crippen molar-refractivity contribution in [3.8, 4) is 0 Å². The first kappa shape index (κ1) is 14.3. The minimum Gasteiger partial charge on any atom is -0.444 e. The highest BCUT2D eigenvalue weighted by atomic mass is 16.6. The molecule has 0 saturated carbocycles. The number of rotatable bonds is 2. The maximum Gasteiger partial charge on any atom is 0.407 e. The maximum atomic E-state index is 11.5. The van der Waals surface area contributed by atoms with E-state index in [1.165, 1.54) is 0 Å². The standard InChI is InChI=1S/C12H24N2O3/c1-12(2,3)17-11(15)14-8-9-4-6-16-7-5-10(9)13/h9-10H,4-8,13H2,1-3H3,(H,14,15)/t9-,10-/m0/s1. The Morgan fingerprint density at radius 2 is 2.06 bits per heavy atom. The number of amides is 1. The van der Waals surface area contributed by atoms with E-state index in [1.807, 2.05) is 20.8 Å². The van der Waals surface area contributed by atoms with Crippen molar-refractivity contribution in [2.45, 2.75) is 45.3 Å². The average Bonchev–Trinajstić information content (AvgIpc) is 2.37. The highest BCUT2D eigenvalue weighted by Gasteiger charge is 2.22. The third-order valence-corrected chi connectivity index (χ3v) is 2.74. The lowest BCUT2D eigenvalue weighted by Crippen LogP contribution is -2.41. The number of ether oxygens (including phenoxy) is 2. The molecule has 1 aliphatic heterocycles. The first-order chi connectivity index (χ1) is 7.88. The summed E-state index contributed by atoms with van der Waals surface area (Å²) in [6.45, 7) is 7.52. The van der Waals surface area contributed by atoms with Crippen LogP contribution in [0.25, 0.3) is 0 Å². The van der Waals surface area contributed by atoms with Crippen LogP contribution < -0.4 is 11.1 Å². The largest absolute Gasteiger partial charge is 0.444 e. The Balaban J connectivity index is 2.31. The molecule has 1 saturated heterocycles. The Labute approximate surface area is 103 Å². The predicted molar refractivity (Wildman–Crippen MR) is 65.8 cm³/mol. The fourth-order valence-electron chi connectivity index (χ4n) is 1.79. The van der Waals surface area contributed by atoms with Crippen LogP contribution in [0.15, 0.2) is 0 Å². The van der Waals surface area contributed by atoms with Gasteiger partial charge in [-0.3, -0.25) is 0 Å². The number of hydrogen-bond donors (Lipinski definition) is 2. The lowest BCUT2D eigenvalue weighted by atomic mass is 9.96. The van der Waals surface area contributed by atoms with Gasteiger partial charge in [0.25, 0.3) is 0 Å². The van der Waals surface area contributed by atoms with E-state index in [0.717, 1.165) is 12.8 Å². The van der Waals surface area contributed by atoms with Gasteiger partial charge >= 0.3 is 6.09 Å². The van der Waals surface area contributed by atoms with Crippen molar-refractivity contribution in [3.05, 3.63) is 0 Å². The first-order valence-electron chi connectivity index (χ1n) is 6.18. The summed E-state index contributed by atoms with van der Waals surface area (Å²) in [5.41, 5.74) is 5.56. The van der Waals surface area contributed by atoms with Crippen molar-refractivity contribution >= 4 is 6.09 Å². The molecule has 0 aromatic rings. The first-order valence-corrected chi connectivity index (χ1v) is 6.18. The topological polar surface area (TPSA) is 73.6 Å². The van der Waals surface area contributed by atoms with Crippen LogP contribution in [-0.2, 0) is 9.47 Å².